The zero-order chi connectivity index (χ0) is 9.52. The van der Waals surface area contributed by atoms with Gasteiger partial charge in [0.1, 0.15) is 0 Å². The topological polar surface area (TPSA) is 29.3 Å². The molecule has 0 spiro atoms. The Hall–Kier alpha value is -0.780. The lowest BCUT2D eigenvalue weighted by atomic mass is 9.98. The largest absolute Gasteiger partial charge is 0.327 e. The van der Waals surface area contributed by atoms with Gasteiger partial charge in [-0.2, -0.15) is 0 Å². The molecule has 0 saturated carbocycles. The van der Waals surface area contributed by atoms with Crippen molar-refractivity contribution in [3.05, 3.63) is 12.2 Å². The molecule has 1 saturated heterocycles. The molecule has 0 aromatic heterocycles. The standard InChI is InChI=1S/C11H18N2/c1-2-11-5-9-13(10-6-11)8-4-3-7-12/h1,3-4,11H,5-10,12H2/b4-3+. The minimum absolute atomic E-state index is 0.509. The smallest absolute Gasteiger partial charge is 0.0224 e. The number of hydrogen-bond acceptors (Lipinski definition) is 2. The van der Waals surface area contributed by atoms with Gasteiger partial charge in [-0.25, -0.2) is 0 Å². The van der Waals surface area contributed by atoms with Crippen LogP contribution in [-0.2, 0) is 0 Å². The van der Waals surface area contributed by atoms with E-state index in [1.807, 2.05) is 6.08 Å². The fourth-order valence-electron chi connectivity index (χ4n) is 1.60. The quantitative estimate of drug-likeness (QED) is 0.513. The van der Waals surface area contributed by atoms with E-state index in [4.69, 9.17) is 12.2 Å². The van der Waals surface area contributed by atoms with Crippen molar-refractivity contribution in [3.8, 4) is 12.3 Å². The molecular formula is C11H18N2. The lowest BCUT2D eigenvalue weighted by Crippen LogP contribution is -2.33. The van der Waals surface area contributed by atoms with Crippen LogP contribution in [0.5, 0.6) is 0 Å². The molecular weight excluding hydrogens is 160 g/mol. The molecule has 72 valence electrons. The number of terminal acetylenes is 1. The Morgan fingerprint density at radius 3 is 2.62 bits per heavy atom. The Bertz CT molecular complexity index is 195. The Morgan fingerprint density at radius 1 is 1.38 bits per heavy atom. The van der Waals surface area contributed by atoms with Gasteiger partial charge in [0, 0.05) is 19.0 Å². The van der Waals surface area contributed by atoms with Crippen LogP contribution in [-0.4, -0.2) is 31.1 Å². The van der Waals surface area contributed by atoms with Gasteiger partial charge in [0.2, 0.25) is 0 Å². The van der Waals surface area contributed by atoms with Crippen LogP contribution < -0.4 is 5.73 Å². The minimum atomic E-state index is 0.509. The first kappa shape index (κ1) is 10.3. The maximum absolute atomic E-state index is 5.37. The van der Waals surface area contributed by atoms with E-state index in [-0.39, 0.29) is 0 Å². The van der Waals surface area contributed by atoms with E-state index < -0.39 is 0 Å². The molecule has 2 nitrogen and oxygen atoms in total. The summed E-state index contributed by atoms with van der Waals surface area (Å²) in [5.41, 5.74) is 5.36. The summed E-state index contributed by atoms with van der Waals surface area (Å²) in [4.78, 5) is 2.42. The summed E-state index contributed by atoms with van der Waals surface area (Å²) in [6, 6.07) is 0. The van der Waals surface area contributed by atoms with Crippen molar-refractivity contribution in [1.82, 2.24) is 4.90 Å². The fraction of sp³-hybridized carbons (Fsp3) is 0.636. The van der Waals surface area contributed by atoms with Crippen molar-refractivity contribution >= 4 is 0 Å². The zero-order valence-electron chi connectivity index (χ0n) is 8.08. The van der Waals surface area contributed by atoms with E-state index >= 15 is 0 Å². The molecule has 1 heterocycles. The number of rotatable bonds is 3. The number of hydrogen-bond donors (Lipinski definition) is 1. The molecule has 0 radical (unpaired) electrons. The molecule has 1 rings (SSSR count). The molecule has 13 heavy (non-hydrogen) atoms. The first-order chi connectivity index (χ1) is 6.36. The third-order valence-electron chi connectivity index (χ3n) is 2.49. The van der Waals surface area contributed by atoms with Crippen molar-refractivity contribution in [2.75, 3.05) is 26.2 Å². The highest BCUT2D eigenvalue weighted by Gasteiger charge is 2.15. The second kappa shape index (κ2) is 5.80. The van der Waals surface area contributed by atoms with E-state index in [0.717, 1.165) is 32.5 Å². The molecule has 1 aliphatic rings. The molecule has 0 amide bonds. The van der Waals surface area contributed by atoms with E-state index in [9.17, 15) is 0 Å². The summed E-state index contributed by atoms with van der Waals surface area (Å²) in [7, 11) is 0. The van der Waals surface area contributed by atoms with Gasteiger partial charge >= 0.3 is 0 Å². The first-order valence-corrected chi connectivity index (χ1v) is 4.90. The predicted octanol–water partition coefficient (Wildman–Crippen LogP) is 0.846. The highest BCUT2D eigenvalue weighted by molar-refractivity contribution is 4.96. The van der Waals surface area contributed by atoms with E-state index in [0.29, 0.717) is 12.5 Å². The highest BCUT2D eigenvalue weighted by Crippen LogP contribution is 2.15. The fourth-order valence-corrected chi connectivity index (χ4v) is 1.60. The summed E-state index contributed by atoms with van der Waals surface area (Å²) in [5.74, 6) is 3.34. The van der Waals surface area contributed by atoms with Gasteiger partial charge in [0.15, 0.2) is 0 Å². The molecule has 0 aromatic carbocycles. The van der Waals surface area contributed by atoms with Crippen molar-refractivity contribution < 1.29 is 0 Å². The Balaban J connectivity index is 2.18. The van der Waals surface area contributed by atoms with Gasteiger partial charge in [0.25, 0.3) is 0 Å². The van der Waals surface area contributed by atoms with E-state index in [1.54, 1.807) is 0 Å². The third-order valence-corrected chi connectivity index (χ3v) is 2.49. The molecule has 0 atom stereocenters. The van der Waals surface area contributed by atoms with Crippen molar-refractivity contribution in [2.24, 2.45) is 11.7 Å². The average Bonchev–Trinajstić information content (AvgIpc) is 2.19. The second-order valence-electron chi connectivity index (χ2n) is 3.45. The Kier molecular flexibility index (Phi) is 4.59. The number of likely N-dealkylation sites (tertiary alicyclic amines) is 1. The molecule has 2 N–H and O–H groups in total. The predicted molar refractivity (Wildman–Crippen MR) is 56.2 cm³/mol. The highest BCUT2D eigenvalue weighted by atomic mass is 15.1. The molecule has 0 aromatic rings. The minimum Gasteiger partial charge on any atom is -0.327 e. The zero-order valence-corrected chi connectivity index (χ0v) is 8.08. The van der Waals surface area contributed by atoms with Crippen LogP contribution in [0.4, 0.5) is 0 Å². The first-order valence-electron chi connectivity index (χ1n) is 4.90. The molecule has 0 unspecified atom stereocenters. The van der Waals surface area contributed by atoms with Crippen LogP contribution >= 0.6 is 0 Å². The summed E-state index contributed by atoms with van der Waals surface area (Å²) in [6.07, 6.45) is 11.8. The van der Waals surface area contributed by atoms with Crippen molar-refractivity contribution in [3.63, 3.8) is 0 Å². The summed E-state index contributed by atoms with van der Waals surface area (Å²) in [5, 5.41) is 0. The maximum atomic E-state index is 5.37. The lowest BCUT2D eigenvalue weighted by Gasteiger charge is -2.28. The van der Waals surface area contributed by atoms with Gasteiger partial charge < -0.3 is 5.73 Å². The molecule has 0 bridgehead atoms. The summed E-state index contributed by atoms with van der Waals surface area (Å²) < 4.78 is 0. The second-order valence-corrected chi connectivity index (χ2v) is 3.45. The molecule has 0 aliphatic carbocycles. The molecule has 1 aliphatic heterocycles. The number of nitrogens with zero attached hydrogens (tertiary/aromatic N) is 1. The van der Waals surface area contributed by atoms with Crippen LogP contribution in [0.3, 0.4) is 0 Å². The monoisotopic (exact) mass is 178 g/mol. The number of nitrogens with two attached hydrogens (primary N) is 1. The number of piperidine rings is 1. The van der Waals surface area contributed by atoms with Crippen LogP contribution in [0.2, 0.25) is 0 Å². The van der Waals surface area contributed by atoms with E-state index in [1.165, 1.54) is 0 Å². The summed E-state index contributed by atoms with van der Waals surface area (Å²) in [6.45, 7) is 3.92. The van der Waals surface area contributed by atoms with Crippen LogP contribution in [0.1, 0.15) is 12.8 Å². The van der Waals surface area contributed by atoms with Crippen LogP contribution in [0, 0.1) is 18.3 Å². The van der Waals surface area contributed by atoms with Gasteiger partial charge in [-0.05, 0) is 25.9 Å². The molecule has 2 heteroatoms. The summed E-state index contributed by atoms with van der Waals surface area (Å²) >= 11 is 0. The lowest BCUT2D eigenvalue weighted by molar-refractivity contribution is 0.226. The Morgan fingerprint density at radius 2 is 2.08 bits per heavy atom. The SMILES string of the molecule is C#CC1CCN(C/C=C/CN)CC1. The van der Waals surface area contributed by atoms with Gasteiger partial charge in [0.05, 0.1) is 0 Å². The van der Waals surface area contributed by atoms with Gasteiger partial charge in [-0.15, -0.1) is 12.3 Å². The maximum Gasteiger partial charge on any atom is 0.0224 e. The normalized spacial score (nSPS) is 20.6. The van der Waals surface area contributed by atoms with Crippen molar-refractivity contribution in [2.45, 2.75) is 12.8 Å². The van der Waals surface area contributed by atoms with Gasteiger partial charge in [-0.1, -0.05) is 12.2 Å². The average molecular weight is 178 g/mol. The van der Waals surface area contributed by atoms with Crippen LogP contribution in [0.15, 0.2) is 12.2 Å². The van der Waals surface area contributed by atoms with Crippen LogP contribution in [0.25, 0.3) is 0 Å². The van der Waals surface area contributed by atoms with Gasteiger partial charge in [-0.3, -0.25) is 4.90 Å². The van der Waals surface area contributed by atoms with E-state index in [2.05, 4.69) is 16.9 Å². The Labute approximate surface area is 80.8 Å². The van der Waals surface area contributed by atoms with Crippen molar-refractivity contribution in [1.29, 1.82) is 0 Å². The molecule has 1 fully saturated rings. The third kappa shape index (κ3) is 3.63.